The average Bonchev–Trinajstić information content (AvgIpc) is 2.80. The van der Waals surface area contributed by atoms with Crippen molar-refractivity contribution in [1.29, 1.82) is 0 Å². The second-order valence-corrected chi connectivity index (χ2v) is 8.39. The van der Waals surface area contributed by atoms with Crippen LogP contribution in [0.4, 0.5) is 0 Å². The fraction of sp³-hybridized carbons (Fsp3) is 0.440. The number of nitrogens with one attached hydrogen (secondary N) is 1. The zero-order valence-electron chi connectivity index (χ0n) is 17.0. The van der Waals surface area contributed by atoms with Gasteiger partial charge in [0, 0.05) is 36.2 Å². The molecule has 1 aliphatic carbocycles. The van der Waals surface area contributed by atoms with Gasteiger partial charge in [-0.15, -0.1) is 0 Å². The van der Waals surface area contributed by atoms with Gasteiger partial charge in [0.15, 0.2) is 0 Å². The van der Waals surface area contributed by atoms with Crippen molar-refractivity contribution in [3.63, 3.8) is 0 Å². The first kappa shape index (κ1) is 19.7. The number of carbonyl (C=O) groups is 2. The highest BCUT2D eigenvalue weighted by Gasteiger charge is 2.26. The van der Waals surface area contributed by atoms with E-state index in [2.05, 4.69) is 11.4 Å². The first-order valence-electron chi connectivity index (χ1n) is 11.0. The number of rotatable bonds is 4. The highest BCUT2D eigenvalue weighted by atomic mass is 16.2. The van der Waals surface area contributed by atoms with Crippen LogP contribution in [-0.2, 0) is 0 Å². The van der Waals surface area contributed by atoms with E-state index in [4.69, 9.17) is 0 Å². The standard InChI is InChI=1S/C25H30N2O2/c28-24(26-23-14-5-2-6-15-23)21-12-7-11-20(17-21)22-13-8-16-27(18-22)25(29)19-9-3-1-4-10-19/h1,3-4,7,9-12,17,22-23H,2,5-6,8,13-16,18H2,(H,26,28)/t22-/m0/s1. The van der Waals surface area contributed by atoms with E-state index >= 15 is 0 Å². The molecule has 0 radical (unpaired) electrons. The van der Waals surface area contributed by atoms with Crippen molar-refractivity contribution in [3.8, 4) is 0 Å². The molecule has 152 valence electrons. The van der Waals surface area contributed by atoms with E-state index in [1.807, 2.05) is 53.4 Å². The van der Waals surface area contributed by atoms with Crippen molar-refractivity contribution in [1.82, 2.24) is 10.2 Å². The van der Waals surface area contributed by atoms with E-state index in [1.165, 1.54) is 19.3 Å². The van der Waals surface area contributed by atoms with E-state index in [9.17, 15) is 9.59 Å². The van der Waals surface area contributed by atoms with Crippen molar-refractivity contribution in [2.24, 2.45) is 0 Å². The summed E-state index contributed by atoms with van der Waals surface area (Å²) < 4.78 is 0. The molecule has 1 aliphatic heterocycles. The number of hydrogen-bond donors (Lipinski definition) is 1. The van der Waals surface area contributed by atoms with Crippen molar-refractivity contribution in [2.45, 2.75) is 56.9 Å². The van der Waals surface area contributed by atoms with Gasteiger partial charge in [-0.25, -0.2) is 0 Å². The Labute approximate surface area is 173 Å². The molecule has 29 heavy (non-hydrogen) atoms. The molecule has 1 atom stereocenters. The molecule has 2 aromatic rings. The maximum absolute atomic E-state index is 12.8. The lowest BCUT2D eigenvalue weighted by Crippen LogP contribution is -2.39. The molecular weight excluding hydrogens is 360 g/mol. The number of carbonyl (C=O) groups excluding carboxylic acids is 2. The minimum Gasteiger partial charge on any atom is -0.349 e. The number of likely N-dealkylation sites (tertiary alicyclic amines) is 1. The van der Waals surface area contributed by atoms with Gasteiger partial charge >= 0.3 is 0 Å². The minimum absolute atomic E-state index is 0.0341. The number of hydrogen-bond acceptors (Lipinski definition) is 2. The van der Waals surface area contributed by atoms with Crippen LogP contribution in [0.5, 0.6) is 0 Å². The molecule has 2 aliphatic rings. The van der Waals surface area contributed by atoms with Gasteiger partial charge in [0.1, 0.15) is 0 Å². The van der Waals surface area contributed by atoms with Crippen LogP contribution in [0.15, 0.2) is 54.6 Å². The molecule has 0 unspecified atom stereocenters. The Kier molecular flexibility index (Phi) is 6.28. The monoisotopic (exact) mass is 390 g/mol. The molecule has 4 nitrogen and oxygen atoms in total. The van der Waals surface area contributed by atoms with Gasteiger partial charge in [-0.05, 0) is 55.5 Å². The predicted octanol–water partition coefficient (Wildman–Crippen LogP) is 4.77. The molecule has 1 saturated carbocycles. The fourth-order valence-electron chi connectivity index (χ4n) is 4.65. The summed E-state index contributed by atoms with van der Waals surface area (Å²) in [7, 11) is 0. The minimum atomic E-state index is 0.0341. The van der Waals surface area contributed by atoms with Crippen molar-refractivity contribution < 1.29 is 9.59 Å². The first-order chi connectivity index (χ1) is 14.2. The van der Waals surface area contributed by atoms with E-state index in [1.54, 1.807) is 0 Å². The maximum atomic E-state index is 12.8. The third-order valence-electron chi connectivity index (χ3n) is 6.29. The van der Waals surface area contributed by atoms with Crippen LogP contribution in [0, 0.1) is 0 Å². The molecule has 0 aromatic heterocycles. The van der Waals surface area contributed by atoms with Crippen molar-refractivity contribution in [3.05, 3.63) is 71.3 Å². The molecule has 4 heteroatoms. The molecular formula is C25H30N2O2. The number of benzene rings is 2. The van der Waals surface area contributed by atoms with Gasteiger partial charge < -0.3 is 10.2 Å². The maximum Gasteiger partial charge on any atom is 0.253 e. The Morgan fingerprint density at radius 2 is 1.59 bits per heavy atom. The van der Waals surface area contributed by atoms with Crippen molar-refractivity contribution >= 4 is 11.8 Å². The normalized spacial score (nSPS) is 20.3. The topological polar surface area (TPSA) is 49.4 Å². The molecule has 2 fully saturated rings. The van der Waals surface area contributed by atoms with E-state index in [0.717, 1.165) is 48.9 Å². The van der Waals surface area contributed by atoms with Gasteiger partial charge in [-0.1, -0.05) is 49.6 Å². The number of piperidine rings is 1. The Morgan fingerprint density at radius 3 is 2.38 bits per heavy atom. The van der Waals surface area contributed by atoms with Crippen LogP contribution in [0.3, 0.4) is 0 Å². The zero-order chi connectivity index (χ0) is 20.1. The summed E-state index contributed by atoms with van der Waals surface area (Å²) in [5, 5.41) is 3.21. The summed E-state index contributed by atoms with van der Waals surface area (Å²) in [6, 6.07) is 17.8. The lowest BCUT2D eigenvalue weighted by molar-refractivity contribution is 0.0706. The van der Waals surface area contributed by atoms with Crippen LogP contribution < -0.4 is 5.32 Å². The summed E-state index contributed by atoms with van der Waals surface area (Å²) >= 11 is 0. The van der Waals surface area contributed by atoms with Gasteiger partial charge in [-0.2, -0.15) is 0 Å². The zero-order valence-corrected chi connectivity index (χ0v) is 17.0. The molecule has 1 saturated heterocycles. The van der Waals surface area contributed by atoms with Gasteiger partial charge in [-0.3, -0.25) is 9.59 Å². The summed E-state index contributed by atoms with van der Waals surface area (Å²) in [5.41, 5.74) is 2.64. The fourth-order valence-corrected chi connectivity index (χ4v) is 4.65. The Morgan fingerprint density at radius 1 is 0.828 bits per heavy atom. The van der Waals surface area contributed by atoms with Crippen LogP contribution in [-0.4, -0.2) is 35.8 Å². The van der Waals surface area contributed by atoms with E-state index in [0.29, 0.717) is 12.6 Å². The predicted molar refractivity (Wildman–Crippen MR) is 115 cm³/mol. The van der Waals surface area contributed by atoms with Gasteiger partial charge in [0.2, 0.25) is 0 Å². The largest absolute Gasteiger partial charge is 0.349 e. The lowest BCUT2D eigenvalue weighted by Gasteiger charge is -2.33. The lowest BCUT2D eigenvalue weighted by atomic mass is 9.89. The second-order valence-electron chi connectivity index (χ2n) is 8.39. The molecule has 0 spiro atoms. The van der Waals surface area contributed by atoms with Crippen LogP contribution in [0.1, 0.15) is 77.1 Å². The Balaban J connectivity index is 1.43. The molecule has 2 amide bonds. The SMILES string of the molecule is O=C(NC1CCCCC1)c1cccc([C@H]2CCCN(C(=O)c3ccccc3)C2)c1. The Hall–Kier alpha value is -2.62. The summed E-state index contributed by atoms with van der Waals surface area (Å²) in [6.07, 6.45) is 7.90. The van der Waals surface area contributed by atoms with Gasteiger partial charge in [0.05, 0.1) is 0 Å². The average molecular weight is 391 g/mol. The van der Waals surface area contributed by atoms with E-state index in [-0.39, 0.29) is 17.7 Å². The highest BCUT2D eigenvalue weighted by molar-refractivity contribution is 5.95. The van der Waals surface area contributed by atoms with Gasteiger partial charge in [0.25, 0.3) is 11.8 Å². The second kappa shape index (κ2) is 9.25. The third-order valence-corrected chi connectivity index (χ3v) is 6.29. The molecule has 0 bridgehead atoms. The number of nitrogens with zero attached hydrogens (tertiary/aromatic N) is 1. The third kappa shape index (κ3) is 4.87. The van der Waals surface area contributed by atoms with Crippen LogP contribution in [0.25, 0.3) is 0 Å². The summed E-state index contributed by atoms with van der Waals surface area (Å²) in [5.74, 6) is 0.409. The summed E-state index contributed by atoms with van der Waals surface area (Å²) in [4.78, 5) is 27.5. The molecule has 2 aromatic carbocycles. The van der Waals surface area contributed by atoms with Crippen molar-refractivity contribution in [2.75, 3.05) is 13.1 Å². The van der Waals surface area contributed by atoms with Crippen LogP contribution in [0.2, 0.25) is 0 Å². The summed E-state index contributed by atoms with van der Waals surface area (Å²) in [6.45, 7) is 1.51. The number of amides is 2. The molecule has 1 N–H and O–H groups in total. The Bertz CT molecular complexity index is 843. The van der Waals surface area contributed by atoms with Crippen LogP contribution >= 0.6 is 0 Å². The van der Waals surface area contributed by atoms with E-state index < -0.39 is 0 Å². The molecule has 1 heterocycles. The smallest absolute Gasteiger partial charge is 0.253 e. The highest BCUT2D eigenvalue weighted by Crippen LogP contribution is 2.28. The quantitative estimate of drug-likeness (QED) is 0.818. The molecule has 4 rings (SSSR count). The first-order valence-corrected chi connectivity index (χ1v) is 11.0.